The van der Waals surface area contributed by atoms with Crippen molar-refractivity contribution >= 4 is 11.4 Å². The summed E-state index contributed by atoms with van der Waals surface area (Å²) in [5.74, 6) is 0. The van der Waals surface area contributed by atoms with Crippen LogP contribution in [0.5, 0.6) is 0 Å². The molecule has 0 aromatic heterocycles. The highest BCUT2D eigenvalue weighted by molar-refractivity contribution is 5.46. The van der Waals surface area contributed by atoms with Crippen LogP contribution in [0.25, 0.3) is 0 Å². The second-order valence-electron chi connectivity index (χ2n) is 5.72. The Kier molecular flexibility index (Phi) is 7.43. The van der Waals surface area contributed by atoms with Gasteiger partial charge in [0, 0.05) is 17.8 Å². The van der Waals surface area contributed by atoms with Crippen LogP contribution in [-0.2, 0) is 25.2 Å². The third-order valence-corrected chi connectivity index (χ3v) is 3.81. The SMILES string of the molecule is CCc1ccc(N)cc1C(F)(F)F.CCc1ccc([N+](=O)[O-])cc1C(F)(F)F. The molecule has 0 saturated carbocycles. The van der Waals surface area contributed by atoms with E-state index in [2.05, 4.69) is 0 Å². The van der Waals surface area contributed by atoms with E-state index >= 15 is 0 Å². The van der Waals surface area contributed by atoms with Crippen LogP contribution in [-0.4, -0.2) is 4.92 Å². The number of benzene rings is 2. The number of hydrogen-bond donors (Lipinski definition) is 1. The van der Waals surface area contributed by atoms with Gasteiger partial charge in [0.05, 0.1) is 16.1 Å². The van der Waals surface area contributed by atoms with E-state index in [1.807, 2.05) is 0 Å². The first-order valence-electron chi connectivity index (χ1n) is 8.11. The van der Waals surface area contributed by atoms with Crippen LogP contribution in [0, 0.1) is 10.1 Å². The predicted molar refractivity (Wildman–Crippen MR) is 92.7 cm³/mol. The third-order valence-electron chi connectivity index (χ3n) is 3.81. The number of halogens is 6. The molecule has 2 aromatic carbocycles. The summed E-state index contributed by atoms with van der Waals surface area (Å²) in [5, 5.41) is 10.3. The molecule has 0 radical (unpaired) electrons. The number of non-ortho nitro benzene ring substituents is 1. The minimum atomic E-state index is -4.54. The number of rotatable bonds is 3. The highest BCUT2D eigenvalue weighted by Gasteiger charge is 2.34. The summed E-state index contributed by atoms with van der Waals surface area (Å²) in [6.07, 6.45) is -8.31. The van der Waals surface area contributed by atoms with Crippen LogP contribution < -0.4 is 5.73 Å². The van der Waals surface area contributed by atoms with Crippen molar-refractivity contribution in [2.75, 3.05) is 5.73 Å². The minimum absolute atomic E-state index is 0.0631. The number of nitro benzene ring substituents is 1. The van der Waals surface area contributed by atoms with E-state index in [1.54, 1.807) is 13.8 Å². The molecule has 2 aromatic rings. The van der Waals surface area contributed by atoms with Crippen molar-refractivity contribution in [3.8, 4) is 0 Å². The van der Waals surface area contributed by atoms with Crippen LogP contribution >= 0.6 is 0 Å². The number of nitrogens with zero attached hydrogens (tertiary/aromatic N) is 1. The average molecular weight is 408 g/mol. The molecule has 0 aliphatic carbocycles. The molecule has 0 heterocycles. The Labute approximate surface area is 157 Å². The van der Waals surface area contributed by atoms with Crippen LogP contribution in [0.2, 0.25) is 0 Å². The minimum Gasteiger partial charge on any atom is -0.399 e. The fourth-order valence-corrected chi connectivity index (χ4v) is 2.42. The summed E-state index contributed by atoms with van der Waals surface area (Å²) in [7, 11) is 0. The summed E-state index contributed by atoms with van der Waals surface area (Å²) in [5.41, 5.74) is 3.66. The fourth-order valence-electron chi connectivity index (χ4n) is 2.42. The van der Waals surface area contributed by atoms with Crippen molar-refractivity contribution in [1.29, 1.82) is 0 Å². The van der Waals surface area contributed by atoms with E-state index in [1.165, 1.54) is 12.1 Å². The molecule has 0 unspecified atom stereocenters. The van der Waals surface area contributed by atoms with E-state index in [0.717, 1.165) is 18.2 Å². The number of anilines is 1. The molecule has 10 heteroatoms. The van der Waals surface area contributed by atoms with Gasteiger partial charge in [-0.2, -0.15) is 26.3 Å². The van der Waals surface area contributed by atoms with Gasteiger partial charge in [0.1, 0.15) is 0 Å². The van der Waals surface area contributed by atoms with Gasteiger partial charge in [-0.1, -0.05) is 26.0 Å². The van der Waals surface area contributed by atoms with Crippen molar-refractivity contribution in [3.05, 3.63) is 68.8 Å². The first kappa shape index (κ1) is 23.3. The third kappa shape index (κ3) is 6.14. The molecule has 0 aliphatic rings. The molecule has 0 atom stereocenters. The highest BCUT2D eigenvalue weighted by Crippen LogP contribution is 2.35. The van der Waals surface area contributed by atoms with Crippen LogP contribution in [0.3, 0.4) is 0 Å². The first-order valence-corrected chi connectivity index (χ1v) is 8.11. The maximum Gasteiger partial charge on any atom is 0.416 e. The smallest absolute Gasteiger partial charge is 0.399 e. The van der Waals surface area contributed by atoms with Crippen molar-refractivity contribution in [3.63, 3.8) is 0 Å². The molecule has 0 spiro atoms. The molecule has 28 heavy (non-hydrogen) atoms. The lowest BCUT2D eigenvalue weighted by Gasteiger charge is -2.11. The van der Waals surface area contributed by atoms with Gasteiger partial charge in [0.25, 0.3) is 5.69 Å². The van der Waals surface area contributed by atoms with Crippen molar-refractivity contribution in [2.24, 2.45) is 0 Å². The molecule has 4 nitrogen and oxygen atoms in total. The van der Waals surface area contributed by atoms with Crippen molar-refractivity contribution in [1.82, 2.24) is 0 Å². The second kappa shape index (κ2) is 8.94. The lowest BCUT2D eigenvalue weighted by atomic mass is 10.0. The molecule has 0 fully saturated rings. The number of alkyl halides is 6. The number of aryl methyl sites for hydroxylation is 2. The van der Waals surface area contributed by atoms with Crippen molar-refractivity contribution in [2.45, 2.75) is 39.0 Å². The molecule has 0 bridgehead atoms. The van der Waals surface area contributed by atoms with Gasteiger partial charge < -0.3 is 5.73 Å². The van der Waals surface area contributed by atoms with Gasteiger partial charge >= 0.3 is 12.4 Å². The van der Waals surface area contributed by atoms with Gasteiger partial charge in [-0.15, -0.1) is 0 Å². The van der Waals surface area contributed by atoms with E-state index in [9.17, 15) is 36.5 Å². The van der Waals surface area contributed by atoms with Crippen LogP contribution in [0.4, 0.5) is 37.7 Å². The number of nitrogens with two attached hydrogens (primary N) is 1. The molecule has 0 amide bonds. The normalized spacial score (nSPS) is 11.6. The highest BCUT2D eigenvalue weighted by atomic mass is 19.4. The van der Waals surface area contributed by atoms with Crippen LogP contribution in [0.1, 0.15) is 36.1 Å². The van der Waals surface area contributed by atoms with Gasteiger partial charge in [-0.25, -0.2) is 0 Å². The molecule has 154 valence electrons. The Morgan fingerprint density at radius 1 is 0.857 bits per heavy atom. The zero-order valence-electron chi connectivity index (χ0n) is 15.0. The van der Waals surface area contributed by atoms with E-state index in [-0.39, 0.29) is 23.2 Å². The van der Waals surface area contributed by atoms with Gasteiger partial charge in [0.15, 0.2) is 0 Å². The maximum atomic E-state index is 12.5. The van der Waals surface area contributed by atoms with E-state index < -0.39 is 34.1 Å². The average Bonchev–Trinajstić information content (AvgIpc) is 2.60. The van der Waals surface area contributed by atoms with E-state index in [4.69, 9.17) is 5.73 Å². The zero-order chi connectivity index (χ0) is 21.7. The summed E-state index contributed by atoms with van der Waals surface area (Å²) in [6, 6.07) is 6.65. The summed E-state index contributed by atoms with van der Waals surface area (Å²) in [6.45, 7) is 3.25. The van der Waals surface area contributed by atoms with Gasteiger partial charge in [-0.3, -0.25) is 10.1 Å². The second-order valence-corrected chi connectivity index (χ2v) is 5.72. The first-order chi connectivity index (χ1) is 12.8. The summed E-state index contributed by atoms with van der Waals surface area (Å²) >= 11 is 0. The molecular weight excluding hydrogens is 390 g/mol. The zero-order valence-corrected chi connectivity index (χ0v) is 15.0. The van der Waals surface area contributed by atoms with Gasteiger partial charge in [-0.05, 0) is 36.1 Å². The van der Waals surface area contributed by atoms with Crippen LogP contribution in [0.15, 0.2) is 36.4 Å². The Morgan fingerprint density at radius 2 is 1.29 bits per heavy atom. The molecule has 2 rings (SSSR count). The Morgan fingerprint density at radius 3 is 1.68 bits per heavy atom. The monoisotopic (exact) mass is 408 g/mol. The predicted octanol–water partition coefficient (Wildman–Crippen LogP) is 6.03. The lowest BCUT2D eigenvalue weighted by molar-refractivity contribution is -0.385. The van der Waals surface area contributed by atoms with Crippen molar-refractivity contribution < 1.29 is 31.3 Å². The summed E-state index contributed by atoms with van der Waals surface area (Å²) < 4.78 is 74.4. The molecule has 2 N–H and O–H groups in total. The Balaban J connectivity index is 0.000000283. The topological polar surface area (TPSA) is 69.2 Å². The molecule has 0 aliphatic heterocycles. The van der Waals surface area contributed by atoms with E-state index in [0.29, 0.717) is 12.5 Å². The number of nitro groups is 1. The quantitative estimate of drug-likeness (QED) is 0.292. The maximum absolute atomic E-state index is 12.5. The molecule has 0 saturated heterocycles. The fraction of sp³-hybridized carbons (Fsp3) is 0.333. The van der Waals surface area contributed by atoms with Gasteiger partial charge in [0.2, 0.25) is 0 Å². The standard InChI is InChI=1S/C9H8F3NO2.C9H10F3N/c1-2-6-3-4-7(13(14)15)5-8(6)9(10,11)12;1-2-6-3-4-7(13)5-8(6)9(10,11)12/h3-5H,2H2,1H3;3-5H,2,13H2,1H3. The lowest BCUT2D eigenvalue weighted by Crippen LogP contribution is -2.09. The largest absolute Gasteiger partial charge is 0.416 e. The molecular formula is C18H18F6N2O2. The summed E-state index contributed by atoms with van der Waals surface area (Å²) in [4.78, 5) is 9.48. The number of nitrogen functional groups attached to an aromatic ring is 1. The number of hydrogen-bond acceptors (Lipinski definition) is 3. The Bertz CT molecular complexity index is 832. The Hall–Kier alpha value is -2.78.